The average molecular weight is 311 g/mol. The van der Waals surface area contributed by atoms with Crippen molar-refractivity contribution in [3.63, 3.8) is 0 Å². The lowest BCUT2D eigenvalue weighted by atomic mass is 9.81. The molecule has 2 aliphatic heterocycles. The molecule has 5 heteroatoms. The van der Waals surface area contributed by atoms with Crippen LogP contribution >= 0.6 is 0 Å². The first-order chi connectivity index (χ1) is 10.4. The Bertz CT molecular complexity index is 583. The van der Waals surface area contributed by atoms with E-state index >= 15 is 0 Å². The summed E-state index contributed by atoms with van der Waals surface area (Å²) in [6.07, 6.45) is -0.871. The maximum absolute atomic E-state index is 13.6. The van der Waals surface area contributed by atoms with Crippen LogP contribution in [0.1, 0.15) is 49.8 Å². The zero-order valence-corrected chi connectivity index (χ0v) is 12.8. The highest BCUT2D eigenvalue weighted by Crippen LogP contribution is 2.52. The van der Waals surface area contributed by atoms with Gasteiger partial charge < -0.3 is 4.90 Å². The number of amides is 1. The number of rotatable bonds is 3. The molecule has 0 N–H and O–H groups in total. The fraction of sp³-hybridized carbons (Fsp3) is 0.588. The first kappa shape index (κ1) is 15.4. The van der Waals surface area contributed by atoms with Gasteiger partial charge in [-0.3, -0.25) is 4.79 Å². The van der Waals surface area contributed by atoms with Crippen LogP contribution in [0.25, 0.3) is 0 Å². The second-order valence-corrected chi connectivity index (χ2v) is 6.54. The molecule has 0 radical (unpaired) electrons. The maximum Gasteiger partial charge on any atom is 0.252 e. The van der Waals surface area contributed by atoms with E-state index in [9.17, 15) is 18.0 Å². The third kappa shape index (κ3) is 2.13. The normalized spacial score (nSPS) is 31.2. The molecule has 0 spiro atoms. The van der Waals surface area contributed by atoms with Gasteiger partial charge in [0.1, 0.15) is 11.2 Å². The number of hydrogen-bond acceptors (Lipinski definition) is 1. The van der Waals surface area contributed by atoms with E-state index in [1.165, 1.54) is 12.1 Å². The van der Waals surface area contributed by atoms with Gasteiger partial charge in [-0.2, -0.15) is 0 Å². The Morgan fingerprint density at radius 2 is 2.05 bits per heavy atom. The summed E-state index contributed by atoms with van der Waals surface area (Å²) < 4.78 is 40.7. The van der Waals surface area contributed by atoms with Crippen LogP contribution in [-0.4, -0.2) is 23.3 Å². The molecule has 1 aromatic carbocycles. The first-order valence-corrected chi connectivity index (χ1v) is 7.77. The molecule has 2 fully saturated rings. The lowest BCUT2D eigenvalue weighted by molar-refractivity contribution is -0.146. The number of fused-ring (bicyclic) bond motifs is 1. The highest BCUT2D eigenvalue weighted by Gasteiger charge is 2.59. The van der Waals surface area contributed by atoms with Gasteiger partial charge in [-0.1, -0.05) is 13.0 Å². The molecule has 2 saturated heterocycles. The zero-order chi connectivity index (χ0) is 16.1. The summed E-state index contributed by atoms with van der Waals surface area (Å²) >= 11 is 0. The van der Waals surface area contributed by atoms with Gasteiger partial charge in [-0.15, -0.1) is 0 Å². The van der Waals surface area contributed by atoms with Crippen LogP contribution < -0.4 is 0 Å². The molecule has 3 atom stereocenters. The molecular weight excluding hydrogens is 291 g/mol. The molecule has 0 aliphatic carbocycles. The predicted molar refractivity (Wildman–Crippen MR) is 77.1 cm³/mol. The van der Waals surface area contributed by atoms with Gasteiger partial charge in [-0.25, -0.2) is 13.2 Å². The molecule has 22 heavy (non-hydrogen) atoms. The fourth-order valence-electron chi connectivity index (χ4n) is 4.07. The summed E-state index contributed by atoms with van der Waals surface area (Å²) in [6.45, 7) is 3.44. The molecule has 2 unspecified atom stereocenters. The Morgan fingerprint density at radius 1 is 1.32 bits per heavy atom. The summed E-state index contributed by atoms with van der Waals surface area (Å²) in [6, 6.07) is 4.27. The number of hydrogen-bond donors (Lipinski definition) is 0. The van der Waals surface area contributed by atoms with Crippen LogP contribution in [0.5, 0.6) is 0 Å². The number of carbonyl (C=O) groups excluding carboxylic acids is 1. The van der Waals surface area contributed by atoms with Gasteiger partial charge in [0.05, 0.1) is 6.04 Å². The molecule has 3 rings (SSSR count). The number of benzene rings is 1. The second kappa shape index (κ2) is 5.28. The van der Waals surface area contributed by atoms with E-state index in [1.807, 2.05) is 6.07 Å². The minimum Gasteiger partial charge on any atom is -0.332 e. The fourth-order valence-corrected chi connectivity index (χ4v) is 4.07. The lowest BCUT2D eigenvalue weighted by Crippen LogP contribution is -2.40. The van der Waals surface area contributed by atoms with Crippen molar-refractivity contribution in [3.05, 3.63) is 35.1 Å². The molecule has 2 nitrogen and oxygen atoms in total. The topological polar surface area (TPSA) is 20.3 Å². The van der Waals surface area contributed by atoms with Crippen molar-refractivity contribution in [3.8, 4) is 0 Å². The van der Waals surface area contributed by atoms with E-state index in [-0.39, 0.29) is 30.7 Å². The van der Waals surface area contributed by atoms with Crippen molar-refractivity contribution in [1.29, 1.82) is 0 Å². The minimum atomic E-state index is -2.65. The SMILES string of the molecule is CCC1(C(F)F)C[C@H]2CCC(c3cc(C)cc(F)c3)N2C1=O. The van der Waals surface area contributed by atoms with Gasteiger partial charge in [0, 0.05) is 6.04 Å². The molecular formula is C17H20F3NO. The Hall–Kier alpha value is -1.52. The van der Waals surface area contributed by atoms with Crippen molar-refractivity contribution in [2.24, 2.45) is 5.41 Å². The molecule has 2 aliphatic rings. The summed E-state index contributed by atoms with van der Waals surface area (Å²) in [4.78, 5) is 14.3. The standard InChI is InChI=1S/C17H20F3NO/c1-3-17(15(19)20)9-13-4-5-14(21(13)16(17)22)11-6-10(2)7-12(18)8-11/h6-8,13-15H,3-5,9H2,1-2H3/t13-,14?,17?/m1/s1. The zero-order valence-electron chi connectivity index (χ0n) is 12.8. The van der Waals surface area contributed by atoms with Crippen molar-refractivity contribution >= 4 is 5.91 Å². The smallest absolute Gasteiger partial charge is 0.252 e. The minimum absolute atomic E-state index is 0.143. The third-order valence-corrected chi connectivity index (χ3v) is 5.26. The molecule has 0 saturated carbocycles. The predicted octanol–water partition coefficient (Wildman–Crippen LogP) is 4.23. The second-order valence-electron chi connectivity index (χ2n) is 6.54. The summed E-state index contributed by atoms with van der Waals surface area (Å²) in [5.41, 5.74) is -0.0543. The van der Waals surface area contributed by atoms with Crippen LogP contribution in [0, 0.1) is 18.2 Å². The van der Waals surface area contributed by atoms with E-state index in [1.54, 1.807) is 18.7 Å². The molecule has 120 valence electrons. The Kier molecular flexibility index (Phi) is 3.69. The van der Waals surface area contributed by atoms with Crippen LogP contribution in [0.2, 0.25) is 0 Å². The highest BCUT2D eigenvalue weighted by molar-refractivity contribution is 5.86. The van der Waals surface area contributed by atoms with Gasteiger partial charge >= 0.3 is 0 Å². The largest absolute Gasteiger partial charge is 0.332 e. The molecule has 1 aromatic rings. The van der Waals surface area contributed by atoms with E-state index in [2.05, 4.69) is 0 Å². The van der Waals surface area contributed by atoms with E-state index in [0.29, 0.717) is 12.8 Å². The lowest BCUT2D eigenvalue weighted by Gasteiger charge is -2.29. The van der Waals surface area contributed by atoms with Crippen LogP contribution in [0.15, 0.2) is 18.2 Å². The van der Waals surface area contributed by atoms with Gasteiger partial charge in [0.15, 0.2) is 0 Å². The van der Waals surface area contributed by atoms with Crippen molar-refractivity contribution in [2.45, 2.75) is 58.0 Å². The van der Waals surface area contributed by atoms with Crippen LogP contribution in [-0.2, 0) is 4.79 Å². The highest BCUT2D eigenvalue weighted by atomic mass is 19.3. The monoisotopic (exact) mass is 311 g/mol. The summed E-state index contributed by atoms with van der Waals surface area (Å²) in [7, 11) is 0. The molecule has 2 heterocycles. The molecule has 0 aromatic heterocycles. The Morgan fingerprint density at radius 3 is 2.64 bits per heavy atom. The first-order valence-electron chi connectivity index (χ1n) is 7.77. The van der Waals surface area contributed by atoms with E-state index < -0.39 is 17.7 Å². The molecule has 1 amide bonds. The maximum atomic E-state index is 13.6. The molecule has 0 bridgehead atoms. The quantitative estimate of drug-likeness (QED) is 0.818. The number of halogens is 3. The number of carbonyl (C=O) groups is 1. The average Bonchev–Trinajstić information content (AvgIpc) is 2.96. The Labute approximate surface area is 128 Å². The van der Waals surface area contributed by atoms with Crippen LogP contribution in [0.4, 0.5) is 13.2 Å². The number of nitrogens with zero attached hydrogens (tertiary/aromatic N) is 1. The summed E-state index contributed by atoms with van der Waals surface area (Å²) in [5, 5.41) is 0. The Balaban J connectivity index is 1.96. The van der Waals surface area contributed by atoms with Crippen molar-refractivity contribution in [1.82, 2.24) is 4.90 Å². The van der Waals surface area contributed by atoms with Gasteiger partial charge in [0.2, 0.25) is 5.91 Å². The summed E-state index contributed by atoms with van der Waals surface area (Å²) in [5.74, 6) is -0.805. The number of aryl methyl sites for hydroxylation is 1. The van der Waals surface area contributed by atoms with Crippen LogP contribution in [0.3, 0.4) is 0 Å². The van der Waals surface area contributed by atoms with Gasteiger partial charge in [0.25, 0.3) is 6.43 Å². The van der Waals surface area contributed by atoms with Crippen molar-refractivity contribution in [2.75, 3.05) is 0 Å². The number of alkyl halides is 2. The van der Waals surface area contributed by atoms with Gasteiger partial charge in [-0.05, 0) is 55.9 Å². The van der Waals surface area contributed by atoms with E-state index in [0.717, 1.165) is 11.1 Å². The van der Waals surface area contributed by atoms with E-state index in [4.69, 9.17) is 0 Å². The van der Waals surface area contributed by atoms with Crippen molar-refractivity contribution < 1.29 is 18.0 Å². The third-order valence-electron chi connectivity index (χ3n) is 5.26.